The molecule has 0 aliphatic carbocycles. The van der Waals surface area contributed by atoms with Crippen molar-refractivity contribution in [1.82, 2.24) is 0 Å². The quantitative estimate of drug-likeness (QED) is 0.229. The van der Waals surface area contributed by atoms with Crippen LogP contribution in [0, 0.1) is 42.2 Å². The van der Waals surface area contributed by atoms with E-state index in [0.29, 0.717) is 17.0 Å². The number of nitrogens with zero attached hydrogens (tertiary/aromatic N) is 2. The van der Waals surface area contributed by atoms with E-state index in [-0.39, 0.29) is 22.0 Å². The molecule has 0 fully saturated rings. The standard InChI is InChI=1S/C23H18ClN3O4/c1-13-8-14(2)22(15(3)9-13)26-23(28)17(12-25)10-18-5-7-21(31-18)16-4-6-19(24)20(11-16)27(29)30/h4-11H,1-3H3,(H,26,28)/b17-10+. The number of carbonyl (C=O) groups excluding carboxylic acids is 1. The van der Waals surface area contributed by atoms with Crippen LogP contribution in [0.15, 0.2) is 52.5 Å². The second-order valence-electron chi connectivity index (χ2n) is 7.02. The summed E-state index contributed by atoms with van der Waals surface area (Å²) >= 11 is 5.84. The van der Waals surface area contributed by atoms with Gasteiger partial charge in [0.1, 0.15) is 28.2 Å². The summed E-state index contributed by atoms with van der Waals surface area (Å²) in [4.78, 5) is 23.1. The molecule has 1 aromatic heterocycles. The summed E-state index contributed by atoms with van der Waals surface area (Å²) in [6.07, 6.45) is 1.32. The fourth-order valence-electron chi connectivity index (χ4n) is 3.24. The van der Waals surface area contributed by atoms with Crippen LogP contribution in [0.5, 0.6) is 0 Å². The Morgan fingerprint density at radius 1 is 1.16 bits per heavy atom. The number of nitro groups is 1. The van der Waals surface area contributed by atoms with Crippen LogP contribution < -0.4 is 5.32 Å². The molecule has 31 heavy (non-hydrogen) atoms. The number of furan rings is 1. The van der Waals surface area contributed by atoms with Crippen molar-refractivity contribution in [3.8, 4) is 17.4 Å². The zero-order chi connectivity index (χ0) is 22.7. The average Bonchev–Trinajstić information content (AvgIpc) is 3.17. The zero-order valence-electron chi connectivity index (χ0n) is 17.0. The topological polar surface area (TPSA) is 109 Å². The molecule has 0 bridgehead atoms. The largest absolute Gasteiger partial charge is 0.457 e. The van der Waals surface area contributed by atoms with Gasteiger partial charge in [0, 0.05) is 23.4 Å². The third-order valence-electron chi connectivity index (χ3n) is 4.62. The SMILES string of the molecule is Cc1cc(C)c(NC(=O)/C(C#N)=C/c2ccc(-c3ccc(Cl)c([N+](=O)[O-])c3)o2)c(C)c1. The lowest BCUT2D eigenvalue weighted by Gasteiger charge is -2.12. The molecule has 0 atom stereocenters. The highest BCUT2D eigenvalue weighted by atomic mass is 35.5. The van der Waals surface area contributed by atoms with Crippen molar-refractivity contribution in [3.05, 3.63) is 85.6 Å². The predicted molar refractivity (Wildman–Crippen MR) is 119 cm³/mol. The van der Waals surface area contributed by atoms with Crippen LogP contribution in [-0.4, -0.2) is 10.8 Å². The Balaban J connectivity index is 1.87. The number of benzene rings is 2. The Hall–Kier alpha value is -3.89. The maximum atomic E-state index is 12.6. The van der Waals surface area contributed by atoms with Gasteiger partial charge in [0.05, 0.1) is 4.92 Å². The van der Waals surface area contributed by atoms with Crippen LogP contribution in [0.2, 0.25) is 5.02 Å². The molecule has 1 amide bonds. The number of hydrogen-bond acceptors (Lipinski definition) is 5. The molecule has 3 aromatic rings. The van der Waals surface area contributed by atoms with Gasteiger partial charge in [0.25, 0.3) is 11.6 Å². The second kappa shape index (κ2) is 8.86. The van der Waals surface area contributed by atoms with E-state index < -0.39 is 10.8 Å². The van der Waals surface area contributed by atoms with E-state index in [1.54, 1.807) is 18.2 Å². The summed E-state index contributed by atoms with van der Waals surface area (Å²) in [5.74, 6) is 0.0447. The molecule has 7 nitrogen and oxygen atoms in total. The van der Waals surface area contributed by atoms with Gasteiger partial charge in [-0.1, -0.05) is 29.3 Å². The monoisotopic (exact) mass is 435 g/mol. The maximum absolute atomic E-state index is 12.6. The van der Waals surface area contributed by atoms with Crippen molar-refractivity contribution in [2.45, 2.75) is 20.8 Å². The number of nitro benzene ring substituents is 1. The number of carbonyl (C=O) groups is 1. The van der Waals surface area contributed by atoms with Crippen LogP contribution in [0.4, 0.5) is 11.4 Å². The van der Waals surface area contributed by atoms with Crippen LogP contribution in [0.3, 0.4) is 0 Å². The first kappa shape index (κ1) is 21.8. The summed E-state index contributed by atoms with van der Waals surface area (Å²) in [6.45, 7) is 5.74. The number of rotatable bonds is 5. The van der Waals surface area contributed by atoms with Crippen molar-refractivity contribution in [2.24, 2.45) is 0 Å². The fourth-order valence-corrected chi connectivity index (χ4v) is 3.43. The van der Waals surface area contributed by atoms with Gasteiger partial charge in [-0.2, -0.15) is 5.26 Å². The third-order valence-corrected chi connectivity index (χ3v) is 4.94. The van der Waals surface area contributed by atoms with Gasteiger partial charge in [0.2, 0.25) is 0 Å². The van der Waals surface area contributed by atoms with E-state index in [1.165, 1.54) is 18.2 Å². The van der Waals surface area contributed by atoms with Crippen molar-refractivity contribution in [3.63, 3.8) is 0 Å². The summed E-state index contributed by atoms with van der Waals surface area (Å²) in [5, 5.41) is 23.3. The number of amides is 1. The molecule has 0 spiro atoms. The smallest absolute Gasteiger partial charge is 0.288 e. The lowest BCUT2D eigenvalue weighted by atomic mass is 10.0. The Labute approximate surface area is 183 Å². The summed E-state index contributed by atoms with van der Waals surface area (Å²) < 4.78 is 5.67. The van der Waals surface area contributed by atoms with E-state index >= 15 is 0 Å². The normalized spacial score (nSPS) is 11.1. The van der Waals surface area contributed by atoms with Gasteiger partial charge in [-0.05, 0) is 56.2 Å². The highest BCUT2D eigenvalue weighted by Gasteiger charge is 2.17. The van der Waals surface area contributed by atoms with E-state index in [0.717, 1.165) is 16.7 Å². The van der Waals surface area contributed by atoms with Gasteiger partial charge >= 0.3 is 0 Å². The Morgan fingerprint density at radius 2 is 1.84 bits per heavy atom. The van der Waals surface area contributed by atoms with Gasteiger partial charge in [-0.3, -0.25) is 14.9 Å². The minimum atomic E-state index is -0.581. The number of anilines is 1. The van der Waals surface area contributed by atoms with Gasteiger partial charge in [-0.15, -0.1) is 0 Å². The molecule has 0 radical (unpaired) electrons. The van der Waals surface area contributed by atoms with Crippen LogP contribution in [0.1, 0.15) is 22.5 Å². The highest BCUT2D eigenvalue weighted by molar-refractivity contribution is 6.32. The third kappa shape index (κ3) is 4.82. The fraction of sp³-hybridized carbons (Fsp3) is 0.130. The van der Waals surface area contributed by atoms with Gasteiger partial charge in [-0.25, -0.2) is 0 Å². The Bertz CT molecular complexity index is 1250. The molecule has 2 aromatic carbocycles. The van der Waals surface area contributed by atoms with Crippen LogP contribution in [0.25, 0.3) is 17.4 Å². The molecule has 3 rings (SSSR count). The Kier molecular flexibility index (Phi) is 6.23. The number of aryl methyl sites for hydroxylation is 3. The lowest BCUT2D eigenvalue weighted by Crippen LogP contribution is -2.15. The number of hydrogen-bond donors (Lipinski definition) is 1. The minimum Gasteiger partial charge on any atom is -0.457 e. The maximum Gasteiger partial charge on any atom is 0.288 e. The first-order chi connectivity index (χ1) is 14.7. The molecule has 8 heteroatoms. The average molecular weight is 436 g/mol. The molecule has 0 saturated carbocycles. The molecular weight excluding hydrogens is 418 g/mol. The minimum absolute atomic E-state index is 0.0190. The molecule has 156 valence electrons. The molecular formula is C23H18ClN3O4. The van der Waals surface area contributed by atoms with E-state index in [2.05, 4.69) is 5.32 Å². The molecule has 0 aliphatic heterocycles. The zero-order valence-corrected chi connectivity index (χ0v) is 17.8. The molecule has 0 unspecified atom stereocenters. The number of nitriles is 1. The first-order valence-corrected chi connectivity index (χ1v) is 9.62. The van der Waals surface area contributed by atoms with Crippen molar-refractivity contribution in [2.75, 3.05) is 5.32 Å². The van der Waals surface area contributed by atoms with E-state index in [9.17, 15) is 20.2 Å². The predicted octanol–water partition coefficient (Wildman–Crippen LogP) is 5.98. The first-order valence-electron chi connectivity index (χ1n) is 9.24. The summed E-state index contributed by atoms with van der Waals surface area (Å²) in [6, 6.07) is 13.2. The molecule has 0 aliphatic rings. The Morgan fingerprint density at radius 3 is 2.45 bits per heavy atom. The van der Waals surface area contributed by atoms with Crippen LogP contribution in [-0.2, 0) is 4.79 Å². The van der Waals surface area contributed by atoms with E-state index in [1.807, 2.05) is 39.0 Å². The van der Waals surface area contributed by atoms with Crippen molar-refractivity contribution in [1.29, 1.82) is 5.26 Å². The summed E-state index contributed by atoms with van der Waals surface area (Å²) in [5.41, 5.74) is 3.60. The van der Waals surface area contributed by atoms with Crippen LogP contribution >= 0.6 is 11.6 Å². The lowest BCUT2D eigenvalue weighted by molar-refractivity contribution is -0.384. The molecule has 0 saturated heterocycles. The van der Waals surface area contributed by atoms with Gasteiger partial charge in [0.15, 0.2) is 0 Å². The van der Waals surface area contributed by atoms with Gasteiger partial charge < -0.3 is 9.73 Å². The second-order valence-corrected chi connectivity index (χ2v) is 7.43. The number of nitrogens with one attached hydrogen (secondary N) is 1. The molecule has 1 heterocycles. The van der Waals surface area contributed by atoms with Crippen molar-refractivity contribution >= 4 is 35.0 Å². The summed E-state index contributed by atoms with van der Waals surface area (Å²) in [7, 11) is 0. The highest BCUT2D eigenvalue weighted by Crippen LogP contribution is 2.31. The molecule has 1 N–H and O–H groups in total. The van der Waals surface area contributed by atoms with E-state index in [4.69, 9.17) is 16.0 Å². The number of halogens is 1. The van der Waals surface area contributed by atoms with Crippen molar-refractivity contribution < 1.29 is 14.1 Å².